The topological polar surface area (TPSA) is 46.2 Å². The molecule has 0 aromatic heterocycles. The van der Waals surface area contributed by atoms with E-state index in [9.17, 15) is 9.59 Å². The molecule has 1 aromatic rings. The second kappa shape index (κ2) is 6.75. The van der Waals surface area contributed by atoms with Crippen LogP contribution in [-0.4, -0.2) is 23.2 Å². The molecule has 0 saturated carbocycles. The zero-order valence-corrected chi connectivity index (χ0v) is 12.0. The summed E-state index contributed by atoms with van der Waals surface area (Å²) < 4.78 is 0. The van der Waals surface area contributed by atoms with E-state index in [1.165, 1.54) is 18.4 Å². The Balaban J connectivity index is 1.85. The predicted molar refractivity (Wildman–Crippen MR) is 79.7 cm³/mol. The van der Waals surface area contributed by atoms with E-state index in [-0.39, 0.29) is 11.7 Å². The molecule has 1 amide bonds. The Kier molecular flexibility index (Phi) is 5.02. The molecule has 2 rings (SSSR count). The third kappa shape index (κ3) is 4.39. The summed E-state index contributed by atoms with van der Waals surface area (Å²) in [6.45, 7) is 1.54. The van der Waals surface area contributed by atoms with Crippen molar-refractivity contribution in [2.24, 2.45) is 5.92 Å². The number of benzene rings is 1. The number of carbonyl (C=O) groups is 2. The fourth-order valence-corrected chi connectivity index (χ4v) is 3.42. The molecule has 1 aliphatic rings. The molecule has 0 aliphatic carbocycles. The van der Waals surface area contributed by atoms with Crippen LogP contribution >= 0.6 is 11.8 Å². The summed E-state index contributed by atoms with van der Waals surface area (Å²) in [6.07, 6.45) is 2.89. The highest BCUT2D eigenvalue weighted by atomic mass is 32.2. The van der Waals surface area contributed by atoms with Crippen molar-refractivity contribution in [1.29, 1.82) is 0 Å². The molecular weight excluding hydrogens is 258 g/mol. The normalized spacial score (nSPS) is 16.1. The largest absolute Gasteiger partial charge is 0.326 e. The molecule has 1 aliphatic heterocycles. The smallest absolute Gasteiger partial charge is 0.224 e. The zero-order chi connectivity index (χ0) is 13.7. The molecule has 0 bridgehead atoms. The van der Waals surface area contributed by atoms with Gasteiger partial charge >= 0.3 is 0 Å². The molecule has 1 fully saturated rings. The van der Waals surface area contributed by atoms with Gasteiger partial charge in [0, 0.05) is 17.7 Å². The first-order chi connectivity index (χ1) is 9.15. The Morgan fingerprint density at radius 2 is 1.84 bits per heavy atom. The Morgan fingerprint density at radius 3 is 2.42 bits per heavy atom. The summed E-state index contributed by atoms with van der Waals surface area (Å²) in [5.74, 6) is 2.99. The van der Waals surface area contributed by atoms with E-state index in [0.29, 0.717) is 17.9 Å². The average molecular weight is 277 g/mol. The molecule has 4 heteroatoms. The summed E-state index contributed by atoms with van der Waals surface area (Å²) in [7, 11) is 0. The molecule has 0 radical (unpaired) electrons. The predicted octanol–water partition coefficient (Wildman–Crippen LogP) is 3.36. The number of Topliss-reactive ketones (excluding diaryl/α,β-unsaturated/α-hetero) is 1. The number of thioether (sulfide) groups is 1. The summed E-state index contributed by atoms with van der Waals surface area (Å²) in [6, 6.07) is 7.06. The van der Waals surface area contributed by atoms with Gasteiger partial charge < -0.3 is 5.32 Å². The third-order valence-corrected chi connectivity index (χ3v) is 4.44. The van der Waals surface area contributed by atoms with Gasteiger partial charge in [-0.3, -0.25) is 9.59 Å². The number of hydrogen-bond acceptors (Lipinski definition) is 3. The molecule has 1 N–H and O–H groups in total. The number of carbonyl (C=O) groups excluding carboxylic acids is 2. The van der Waals surface area contributed by atoms with Crippen LogP contribution in [0, 0.1) is 5.92 Å². The standard InChI is InChI=1S/C15H19NO2S/c1-11(17)13-2-4-14(5-3-13)16-15(18)10-12-6-8-19-9-7-12/h2-5,12H,6-10H2,1H3,(H,16,18). The van der Waals surface area contributed by atoms with Gasteiger partial charge in [0.2, 0.25) is 5.91 Å². The van der Waals surface area contributed by atoms with E-state index in [2.05, 4.69) is 5.32 Å². The first-order valence-electron chi connectivity index (χ1n) is 6.64. The number of ketones is 1. The summed E-state index contributed by atoms with van der Waals surface area (Å²) in [4.78, 5) is 23.1. The number of amides is 1. The van der Waals surface area contributed by atoms with Gasteiger partial charge in [0.1, 0.15) is 0 Å². The van der Waals surface area contributed by atoms with E-state index in [4.69, 9.17) is 0 Å². The highest BCUT2D eigenvalue weighted by molar-refractivity contribution is 7.99. The Morgan fingerprint density at radius 1 is 1.21 bits per heavy atom. The zero-order valence-electron chi connectivity index (χ0n) is 11.1. The molecule has 0 spiro atoms. The van der Waals surface area contributed by atoms with Gasteiger partial charge in [0.05, 0.1) is 0 Å². The molecule has 102 valence electrons. The SMILES string of the molecule is CC(=O)c1ccc(NC(=O)CC2CCSCC2)cc1. The van der Waals surface area contributed by atoms with Crippen molar-refractivity contribution < 1.29 is 9.59 Å². The maximum atomic E-state index is 11.9. The van der Waals surface area contributed by atoms with Crippen molar-refractivity contribution in [3.8, 4) is 0 Å². The minimum atomic E-state index is 0.0394. The van der Waals surface area contributed by atoms with Crippen LogP contribution in [0.5, 0.6) is 0 Å². The molecule has 3 nitrogen and oxygen atoms in total. The first-order valence-corrected chi connectivity index (χ1v) is 7.79. The molecule has 1 aromatic carbocycles. The summed E-state index contributed by atoms with van der Waals surface area (Å²) in [5, 5.41) is 2.90. The Hall–Kier alpha value is -1.29. The van der Waals surface area contributed by atoms with Crippen LogP contribution < -0.4 is 5.32 Å². The maximum absolute atomic E-state index is 11.9. The van der Waals surface area contributed by atoms with Crippen LogP contribution in [0.15, 0.2) is 24.3 Å². The second-order valence-electron chi connectivity index (χ2n) is 4.94. The first kappa shape index (κ1) is 14.1. The molecule has 0 atom stereocenters. The van der Waals surface area contributed by atoms with Gasteiger partial charge in [-0.05, 0) is 61.5 Å². The van der Waals surface area contributed by atoms with Gasteiger partial charge in [-0.25, -0.2) is 0 Å². The quantitative estimate of drug-likeness (QED) is 0.858. The number of anilines is 1. The summed E-state index contributed by atoms with van der Waals surface area (Å²) in [5.41, 5.74) is 1.43. The fraction of sp³-hybridized carbons (Fsp3) is 0.467. The molecular formula is C15H19NO2S. The monoisotopic (exact) mass is 277 g/mol. The minimum absolute atomic E-state index is 0.0394. The summed E-state index contributed by atoms with van der Waals surface area (Å²) >= 11 is 1.97. The lowest BCUT2D eigenvalue weighted by molar-refractivity contribution is -0.117. The Labute approximate surface area is 118 Å². The lowest BCUT2D eigenvalue weighted by Gasteiger charge is -2.20. The van der Waals surface area contributed by atoms with Crippen LogP contribution in [0.3, 0.4) is 0 Å². The highest BCUT2D eigenvalue weighted by Gasteiger charge is 2.17. The van der Waals surface area contributed by atoms with Crippen molar-refractivity contribution in [3.63, 3.8) is 0 Å². The fourth-order valence-electron chi connectivity index (χ4n) is 2.21. The molecule has 19 heavy (non-hydrogen) atoms. The number of nitrogens with one attached hydrogen (secondary N) is 1. The van der Waals surface area contributed by atoms with E-state index in [1.807, 2.05) is 11.8 Å². The highest BCUT2D eigenvalue weighted by Crippen LogP contribution is 2.25. The van der Waals surface area contributed by atoms with E-state index < -0.39 is 0 Å². The molecule has 0 unspecified atom stereocenters. The second-order valence-corrected chi connectivity index (χ2v) is 6.17. The third-order valence-electron chi connectivity index (χ3n) is 3.39. The van der Waals surface area contributed by atoms with Gasteiger partial charge in [0.25, 0.3) is 0 Å². The lowest BCUT2D eigenvalue weighted by atomic mass is 9.98. The van der Waals surface area contributed by atoms with Gasteiger partial charge in [-0.15, -0.1) is 0 Å². The number of rotatable bonds is 4. The van der Waals surface area contributed by atoms with Crippen LogP contribution in [0.25, 0.3) is 0 Å². The Bertz CT molecular complexity index is 450. The van der Waals surface area contributed by atoms with Crippen LogP contribution in [0.2, 0.25) is 0 Å². The van der Waals surface area contributed by atoms with Crippen LogP contribution in [0.4, 0.5) is 5.69 Å². The van der Waals surface area contributed by atoms with Gasteiger partial charge in [0.15, 0.2) is 5.78 Å². The van der Waals surface area contributed by atoms with E-state index in [0.717, 1.165) is 18.5 Å². The van der Waals surface area contributed by atoms with Crippen molar-refractivity contribution in [2.75, 3.05) is 16.8 Å². The van der Waals surface area contributed by atoms with Crippen molar-refractivity contribution in [2.45, 2.75) is 26.2 Å². The van der Waals surface area contributed by atoms with Gasteiger partial charge in [-0.1, -0.05) is 0 Å². The minimum Gasteiger partial charge on any atom is -0.326 e. The van der Waals surface area contributed by atoms with Crippen LogP contribution in [-0.2, 0) is 4.79 Å². The number of hydrogen-bond donors (Lipinski definition) is 1. The van der Waals surface area contributed by atoms with Crippen LogP contribution in [0.1, 0.15) is 36.5 Å². The lowest BCUT2D eigenvalue weighted by Crippen LogP contribution is -2.19. The van der Waals surface area contributed by atoms with E-state index in [1.54, 1.807) is 24.3 Å². The van der Waals surface area contributed by atoms with Gasteiger partial charge in [-0.2, -0.15) is 11.8 Å². The van der Waals surface area contributed by atoms with Crippen molar-refractivity contribution in [1.82, 2.24) is 0 Å². The molecule has 1 heterocycles. The molecule has 1 saturated heterocycles. The van der Waals surface area contributed by atoms with E-state index >= 15 is 0 Å². The maximum Gasteiger partial charge on any atom is 0.224 e. The average Bonchev–Trinajstić information content (AvgIpc) is 2.40. The van der Waals surface area contributed by atoms with Crippen molar-refractivity contribution >= 4 is 29.1 Å². The van der Waals surface area contributed by atoms with Crippen molar-refractivity contribution in [3.05, 3.63) is 29.8 Å².